The van der Waals surface area contributed by atoms with Crippen molar-refractivity contribution in [1.29, 1.82) is 0 Å². The van der Waals surface area contributed by atoms with Crippen molar-refractivity contribution in [2.45, 2.75) is 31.7 Å². The molecule has 0 bridgehead atoms. The molecule has 1 atom stereocenters. The van der Waals surface area contributed by atoms with E-state index in [1.807, 2.05) is 49.4 Å². The van der Waals surface area contributed by atoms with E-state index in [2.05, 4.69) is 0 Å². The van der Waals surface area contributed by atoms with E-state index in [0.717, 1.165) is 11.1 Å². The standard InChI is InChI=1S/C20H19NO4/c1-14-7-5-6-10-16(14)20(12-18(23)24)11-17(22)21(19(20)25)13-15-8-3-2-4-9-15/h2-10H,11-13H2,1H3,(H,23,24)/t20-/m0/s1. The molecule has 3 rings (SSSR count). The molecule has 0 saturated carbocycles. The number of imide groups is 1. The van der Waals surface area contributed by atoms with Crippen LogP contribution in [0.4, 0.5) is 0 Å². The lowest BCUT2D eigenvalue weighted by atomic mass is 9.74. The molecule has 2 aromatic rings. The van der Waals surface area contributed by atoms with Crippen LogP contribution in [-0.4, -0.2) is 27.8 Å². The molecule has 1 fully saturated rings. The quantitative estimate of drug-likeness (QED) is 0.851. The lowest BCUT2D eigenvalue weighted by Gasteiger charge is -2.27. The van der Waals surface area contributed by atoms with Crippen LogP contribution in [0.15, 0.2) is 54.6 Å². The first kappa shape index (κ1) is 16.9. The fourth-order valence-corrected chi connectivity index (χ4v) is 3.54. The van der Waals surface area contributed by atoms with E-state index in [9.17, 15) is 19.5 Å². The zero-order chi connectivity index (χ0) is 18.0. The maximum Gasteiger partial charge on any atom is 0.304 e. The van der Waals surface area contributed by atoms with Crippen molar-refractivity contribution in [3.63, 3.8) is 0 Å². The Labute approximate surface area is 145 Å². The highest BCUT2D eigenvalue weighted by Crippen LogP contribution is 2.41. The molecular weight excluding hydrogens is 318 g/mol. The van der Waals surface area contributed by atoms with Gasteiger partial charge in [0.2, 0.25) is 11.8 Å². The molecule has 1 N–H and O–H groups in total. The number of benzene rings is 2. The second kappa shape index (κ2) is 6.51. The largest absolute Gasteiger partial charge is 0.481 e. The summed E-state index contributed by atoms with van der Waals surface area (Å²) in [6.07, 6.45) is -0.510. The number of nitrogens with zero attached hydrogens (tertiary/aromatic N) is 1. The summed E-state index contributed by atoms with van der Waals surface area (Å²) in [6.45, 7) is 1.99. The summed E-state index contributed by atoms with van der Waals surface area (Å²) >= 11 is 0. The fourth-order valence-electron chi connectivity index (χ4n) is 3.54. The van der Waals surface area contributed by atoms with Gasteiger partial charge < -0.3 is 5.11 Å². The molecule has 2 aromatic carbocycles. The van der Waals surface area contributed by atoms with E-state index in [1.54, 1.807) is 12.1 Å². The van der Waals surface area contributed by atoms with Crippen LogP contribution in [0.3, 0.4) is 0 Å². The molecule has 2 amide bonds. The molecule has 1 saturated heterocycles. The molecule has 0 aromatic heterocycles. The van der Waals surface area contributed by atoms with Gasteiger partial charge in [-0.05, 0) is 23.6 Å². The summed E-state index contributed by atoms with van der Waals surface area (Å²) < 4.78 is 0. The smallest absolute Gasteiger partial charge is 0.304 e. The number of carboxylic acids is 1. The van der Waals surface area contributed by atoms with E-state index in [0.29, 0.717) is 5.56 Å². The number of aliphatic carboxylic acids is 1. The number of hydrogen-bond acceptors (Lipinski definition) is 3. The Hall–Kier alpha value is -2.95. The number of carboxylic acid groups (broad SMARTS) is 1. The molecule has 0 spiro atoms. The Morgan fingerprint density at radius 1 is 1.08 bits per heavy atom. The van der Waals surface area contributed by atoms with Crippen molar-refractivity contribution in [2.75, 3.05) is 0 Å². The van der Waals surface area contributed by atoms with Gasteiger partial charge in [0.1, 0.15) is 0 Å². The number of rotatable bonds is 5. The summed E-state index contributed by atoms with van der Waals surface area (Å²) in [5, 5.41) is 9.39. The molecule has 1 aliphatic rings. The molecule has 0 radical (unpaired) electrons. The second-order valence-electron chi connectivity index (χ2n) is 6.41. The monoisotopic (exact) mass is 337 g/mol. The van der Waals surface area contributed by atoms with Crippen molar-refractivity contribution < 1.29 is 19.5 Å². The molecular formula is C20H19NO4. The van der Waals surface area contributed by atoms with Crippen molar-refractivity contribution in [2.24, 2.45) is 0 Å². The molecule has 1 aliphatic heterocycles. The first-order chi connectivity index (χ1) is 11.9. The van der Waals surface area contributed by atoms with Crippen LogP contribution < -0.4 is 0 Å². The van der Waals surface area contributed by atoms with Crippen LogP contribution in [0.2, 0.25) is 0 Å². The SMILES string of the molecule is Cc1ccccc1[C@@]1(CC(=O)O)CC(=O)N(Cc2ccccc2)C1=O. The second-order valence-corrected chi connectivity index (χ2v) is 6.41. The molecule has 1 heterocycles. The highest BCUT2D eigenvalue weighted by molar-refractivity contribution is 6.10. The summed E-state index contributed by atoms with van der Waals surface area (Å²) in [7, 11) is 0. The van der Waals surface area contributed by atoms with Crippen molar-refractivity contribution in [3.05, 3.63) is 71.3 Å². The molecule has 25 heavy (non-hydrogen) atoms. The van der Waals surface area contributed by atoms with E-state index < -0.39 is 23.7 Å². The average Bonchev–Trinajstić information content (AvgIpc) is 2.80. The van der Waals surface area contributed by atoms with Crippen LogP contribution in [0, 0.1) is 6.92 Å². The van der Waals surface area contributed by atoms with Gasteiger partial charge in [-0.1, -0.05) is 54.6 Å². The first-order valence-electron chi connectivity index (χ1n) is 8.11. The van der Waals surface area contributed by atoms with E-state index in [1.165, 1.54) is 4.90 Å². The van der Waals surface area contributed by atoms with Crippen LogP contribution in [0.1, 0.15) is 29.5 Å². The number of hydrogen-bond donors (Lipinski definition) is 1. The third-order valence-corrected chi connectivity index (χ3v) is 4.71. The van der Waals surface area contributed by atoms with Gasteiger partial charge in [-0.3, -0.25) is 19.3 Å². The first-order valence-corrected chi connectivity index (χ1v) is 8.11. The van der Waals surface area contributed by atoms with Crippen LogP contribution >= 0.6 is 0 Å². The van der Waals surface area contributed by atoms with Gasteiger partial charge in [-0.15, -0.1) is 0 Å². The lowest BCUT2D eigenvalue weighted by molar-refractivity contribution is -0.145. The van der Waals surface area contributed by atoms with E-state index in [-0.39, 0.29) is 18.9 Å². The van der Waals surface area contributed by atoms with E-state index in [4.69, 9.17) is 0 Å². The zero-order valence-corrected chi connectivity index (χ0v) is 13.9. The Morgan fingerprint density at radius 3 is 2.36 bits per heavy atom. The minimum atomic E-state index is -1.33. The third kappa shape index (κ3) is 3.05. The summed E-state index contributed by atoms with van der Waals surface area (Å²) in [6, 6.07) is 16.4. The maximum absolute atomic E-state index is 13.2. The lowest BCUT2D eigenvalue weighted by Crippen LogP contribution is -2.40. The molecule has 128 valence electrons. The van der Waals surface area contributed by atoms with E-state index >= 15 is 0 Å². The van der Waals surface area contributed by atoms with Crippen LogP contribution in [-0.2, 0) is 26.3 Å². The molecule has 0 aliphatic carbocycles. The number of likely N-dealkylation sites (tertiary alicyclic amines) is 1. The highest BCUT2D eigenvalue weighted by Gasteiger charge is 2.54. The Bertz CT molecular complexity index is 831. The Kier molecular flexibility index (Phi) is 4.40. The normalized spacial score (nSPS) is 20.1. The zero-order valence-electron chi connectivity index (χ0n) is 13.9. The molecule has 5 nitrogen and oxygen atoms in total. The minimum Gasteiger partial charge on any atom is -0.481 e. The van der Waals surface area contributed by atoms with Crippen molar-refractivity contribution >= 4 is 17.8 Å². The van der Waals surface area contributed by atoms with Gasteiger partial charge >= 0.3 is 5.97 Å². The summed E-state index contributed by atoms with van der Waals surface area (Å²) in [5.41, 5.74) is 0.932. The number of carbonyl (C=O) groups excluding carboxylic acids is 2. The van der Waals surface area contributed by atoms with Gasteiger partial charge in [0.05, 0.1) is 18.4 Å². The van der Waals surface area contributed by atoms with Gasteiger partial charge in [0.25, 0.3) is 0 Å². The molecule has 5 heteroatoms. The predicted octanol–water partition coefficient (Wildman–Crippen LogP) is 2.67. The summed E-state index contributed by atoms with van der Waals surface area (Å²) in [4.78, 5) is 38.4. The number of carbonyl (C=O) groups is 3. The number of amides is 2. The van der Waals surface area contributed by atoms with Crippen molar-refractivity contribution in [3.8, 4) is 0 Å². The van der Waals surface area contributed by atoms with Gasteiger partial charge in [-0.25, -0.2) is 0 Å². The maximum atomic E-state index is 13.2. The third-order valence-electron chi connectivity index (χ3n) is 4.71. The predicted molar refractivity (Wildman–Crippen MR) is 91.7 cm³/mol. The van der Waals surface area contributed by atoms with Gasteiger partial charge in [-0.2, -0.15) is 0 Å². The van der Waals surface area contributed by atoms with Gasteiger partial charge in [0.15, 0.2) is 0 Å². The Balaban J connectivity index is 2.02. The highest BCUT2D eigenvalue weighted by atomic mass is 16.4. The Morgan fingerprint density at radius 2 is 1.72 bits per heavy atom. The topological polar surface area (TPSA) is 74.7 Å². The van der Waals surface area contributed by atoms with Crippen LogP contribution in [0.25, 0.3) is 0 Å². The summed E-state index contributed by atoms with van der Waals surface area (Å²) in [5.74, 6) is -1.86. The average molecular weight is 337 g/mol. The van der Waals surface area contributed by atoms with Crippen molar-refractivity contribution in [1.82, 2.24) is 4.90 Å². The van der Waals surface area contributed by atoms with Gasteiger partial charge in [0, 0.05) is 6.42 Å². The molecule has 0 unspecified atom stereocenters. The fraction of sp³-hybridized carbons (Fsp3) is 0.250. The van der Waals surface area contributed by atoms with Crippen LogP contribution in [0.5, 0.6) is 0 Å². The minimum absolute atomic E-state index is 0.115. The number of aryl methyl sites for hydroxylation is 1.